The summed E-state index contributed by atoms with van der Waals surface area (Å²) in [6, 6.07) is 5.31. The zero-order valence-electron chi connectivity index (χ0n) is 19.3. The van der Waals surface area contributed by atoms with Crippen LogP contribution in [0.3, 0.4) is 0 Å². The summed E-state index contributed by atoms with van der Waals surface area (Å²) in [5, 5.41) is 11.7. The Kier molecular flexibility index (Phi) is 6.89. The number of rotatable bonds is 7. The number of benzene rings is 1. The molecule has 1 aliphatic heterocycles. The molecule has 0 spiro atoms. The molecular weight excluding hydrogens is 406 g/mol. The van der Waals surface area contributed by atoms with Crippen LogP contribution in [0.4, 0.5) is 0 Å². The molecule has 32 heavy (non-hydrogen) atoms. The van der Waals surface area contributed by atoms with Gasteiger partial charge in [-0.25, -0.2) is 4.79 Å². The average Bonchev–Trinajstić information content (AvgIpc) is 2.76. The highest BCUT2D eigenvalue weighted by Gasteiger charge is 2.43. The molecule has 6 nitrogen and oxygen atoms in total. The normalized spacial score (nSPS) is 23.2. The van der Waals surface area contributed by atoms with Crippen LogP contribution < -0.4 is 10.4 Å². The molecule has 2 fully saturated rings. The van der Waals surface area contributed by atoms with Crippen molar-refractivity contribution < 1.29 is 19.1 Å². The summed E-state index contributed by atoms with van der Waals surface area (Å²) in [6.07, 6.45) is 8.60. The van der Waals surface area contributed by atoms with Crippen LogP contribution in [0.15, 0.2) is 27.4 Å². The number of likely N-dealkylation sites (tertiary alicyclic amines) is 1. The van der Waals surface area contributed by atoms with E-state index in [1.165, 1.54) is 0 Å². The molecule has 1 aromatic carbocycles. The molecule has 2 aromatic rings. The second kappa shape index (κ2) is 9.65. The Morgan fingerprint density at radius 2 is 2.09 bits per heavy atom. The molecule has 174 valence electrons. The maximum Gasteiger partial charge on any atom is 0.336 e. The fraction of sp³-hybridized carbons (Fsp3) is 0.615. The molecule has 1 amide bonds. The zero-order chi connectivity index (χ0) is 22.7. The van der Waals surface area contributed by atoms with E-state index in [1.807, 2.05) is 24.0 Å². The van der Waals surface area contributed by atoms with Gasteiger partial charge in [0.2, 0.25) is 0 Å². The first-order valence-corrected chi connectivity index (χ1v) is 12.1. The van der Waals surface area contributed by atoms with Crippen molar-refractivity contribution in [2.45, 2.75) is 77.2 Å². The van der Waals surface area contributed by atoms with Crippen LogP contribution in [0.1, 0.15) is 69.4 Å². The highest BCUT2D eigenvalue weighted by atomic mass is 16.5. The van der Waals surface area contributed by atoms with Crippen molar-refractivity contribution in [3.05, 3.63) is 39.7 Å². The first-order valence-electron chi connectivity index (χ1n) is 12.1. The number of hydrogen-bond acceptors (Lipinski definition) is 5. The number of fused-ring (bicyclic) bond motifs is 2. The lowest BCUT2D eigenvalue weighted by molar-refractivity contribution is -0.145. The van der Waals surface area contributed by atoms with Gasteiger partial charge >= 0.3 is 5.63 Å². The Hall–Kier alpha value is -2.34. The number of carbonyl (C=O) groups excluding carboxylic acids is 1. The van der Waals surface area contributed by atoms with Crippen LogP contribution in [0.25, 0.3) is 11.0 Å². The number of amides is 1. The van der Waals surface area contributed by atoms with Crippen molar-refractivity contribution in [1.82, 2.24) is 4.90 Å². The molecule has 2 aliphatic rings. The van der Waals surface area contributed by atoms with Crippen molar-refractivity contribution in [2.24, 2.45) is 5.92 Å². The minimum atomic E-state index is -0.604. The van der Waals surface area contributed by atoms with Gasteiger partial charge in [-0.3, -0.25) is 4.79 Å². The van der Waals surface area contributed by atoms with Crippen molar-refractivity contribution in [1.29, 1.82) is 0 Å². The molecule has 1 saturated heterocycles. The summed E-state index contributed by atoms with van der Waals surface area (Å²) >= 11 is 0. The van der Waals surface area contributed by atoms with Gasteiger partial charge in [0.25, 0.3) is 5.91 Å². The number of hydrogen-bond donors (Lipinski definition) is 1. The molecular formula is C26H35NO5. The third-order valence-electron chi connectivity index (χ3n) is 7.22. The summed E-state index contributed by atoms with van der Waals surface area (Å²) < 4.78 is 11.5. The first kappa shape index (κ1) is 22.8. The molecule has 0 bridgehead atoms. The van der Waals surface area contributed by atoms with E-state index in [0.29, 0.717) is 30.8 Å². The van der Waals surface area contributed by atoms with Crippen molar-refractivity contribution >= 4 is 16.9 Å². The number of carbonyl (C=O) groups is 1. The Labute approximate surface area is 189 Å². The third-order valence-corrected chi connectivity index (χ3v) is 7.22. The van der Waals surface area contributed by atoms with E-state index in [1.54, 1.807) is 6.07 Å². The van der Waals surface area contributed by atoms with Crippen LogP contribution >= 0.6 is 0 Å². The molecule has 1 aromatic heterocycles. The molecule has 1 aliphatic carbocycles. The fourth-order valence-corrected chi connectivity index (χ4v) is 5.37. The van der Waals surface area contributed by atoms with Gasteiger partial charge in [0.05, 0.1) is 11.0 Å². The maximum absolute atomic E-state index is 13.0. The fourth-order valence-electron chi connectivity index (χ4n) is 5.37. The van der Waals surface area contributed by atoms with Crippen LogP contribution in [-0.2, 0) is 11.2 Å². The van der Waals surface area contributed by atoms with Gasteiger partial charge in [0.15, 0.2) is 6.61 Å². The molecule has 6 heteroatoms. The number of ether oxygens (including phenoxy) is 1. The molecule has 1 N–H and O–H groups in total. The van der Waals surface area contributed by atoms with Gasteiger partial charge in [-0.05, 0) is 62.3 Å². The van der Waals surface area contributed by atoms with Crippen LogP contribution in [0, 0.1) is 12.8 Å². The minimum absolute atomic E-state index is 0.0582. The summed E-state index contributed by atoms with van der Waals surface area (Å²) in [5.41, 5.74) is 1.38. The predicted molar refractivity (Wildman–Crippen MR) is 124 cm³/mol. The maximum atomic E-state index is 13.0. The lowest BCUT2D eigenvalue weighted by atomic mass is 9.71. The number of aryl methyl sites for hydroxylation is 2. The summed E-state index contributed by atoms with van der Waals surface area (Å²) in [5.74, 6) is 0.695. The minimum Gasteiger partial charge on any atom is -0.483 e. The lowest BCUT2D eigenvalue weighted by Crippen LogP contribution is -2.55. The Morgan fingerprint density at radius 3 is 2.91 bits per heavy atom. The summed E-state index contributed by atoms with van der Waals surface area (Å²) in [4.78, 5) is 26.9. The molecule has 4 rings (SSSR count). The number of nitrogens with zero attached hydrogens (tertiary/aromatic N) is 1. The highest BCUT2D eigenvalue weighted by Crippen LogP contribution is 2.40. The SMILES string of the molecule is CCCCCc1cc(=O)oc2cc(C)cc(OCC(=O)N3CC[C@]4(O)CCCC[C@@H]4C3)c12. The smallest absolute Gasteiger partial charge is 0.336 e. The molecule has 0 radical (unpaired) electrons. The van der Waals surface area contributed by atoms with E-state index in [-0.39, 0.29) is 24.1 Å². The van der Waals surface area contributed by atoms with Gasteiger partial charge in [-0.2, -0.15) is 0 Å². The van der Waals surface area contributed by atoms with Gasteiger partial charge in [-0.1, -0.05) is 32.6 Å². The van der Waals surface area contributed by atoms with Crippen molar-refractivity contribution in [2.75, 3.05) is 19.7 Å². The van der Waals surface area contributed by atoms with Crippen LogP contribution in [0.2, 0.25) is 0 Å². The van der Waals surface area contributed by atoms with Gasteiger partial charge < -0.3 is 19.2 Å². The molecule has 0 unspecified atom stereocenters. The van der Waals surface area contributed by atoms with Crippen molar-refractivity contribution in [3.63, 3.8) is 0 Å². The Balaban J connectivity index is 1.51. The third kappa shape index (κ3) is 4.85. The van der Waals surface area contributed by atoms with E-state index in [4.69, 9.17) is 9.15 Å². The van der Waals surface area contributed by atoms with Gasteiger partial charge in [0, 0.05) is 25.1 Å². The Morgan fingerprint density at radius 1 is 1.25 bits per heavy atom. The summed E-state index contributed by atoms with van der Waals surface area (Å²) in [6.45, 7) is 5.19. The largest absolute Gasteiger partial charge is 0.483 e. The number of aliphatic hydroxyl groups is 1. The van der Waals surface area contributed by atoms with Crippen molar-refractivity contribution in [3.8, 4) is 5.75 Å². The van der Waals surface area contributed by atoms with E-state index < -0.39 is 5.60 Å². The molecule has 2 heterocycles. The average molecular weight is 442 g/mol. The number of unbranched alkanes of at least 4 members (excludes halogenated alkanes) is 2. The lowest BCUT2D eigenvalue weighted by Gasteiger charge is -2.47. The highest BCUT2D eigenvalue weighted by molar-refractivity contribution is 5.88. The second-order valence-corrected chi connectivity index (χ2v) is 9.61. The zero-order valence-corrected chi connectivity index (χ0v) is 19.3. The first-order chi connectivity index (χ1) is 15.4. The van der Waals surface area contributed by atoms with Crippen LogP contribution in [0.5, 0.6) is 5.75 Å². The second-order valence-electron chi connectivity index (χ2n) is 9.61. The van der Waals surface area contributed by atoms with E-state index in [2.05, 4.69) is 6.92 Å². The van der Waals surface area contributed by atoms with Gasteiger partial charge in [0.1, 0.15) is 11.3 Å². The van der Waals surface area contributed by atoms with Gasteiger partial charge in [-0.15, -0.1) is 0 Å². The summed E-state index contributed by atoms with van der Waals surface area (Å²) in [7, 11) is 0. The topological polar surface area (TPSA) is 80.0 Å². The quantitative estimate of drug-likeness (QED) is 0.510. The predicted octanol–water partition coefficient (Wildman–Crippen LogP) is 4.37. The molecule has 1 saturated carbocycles. The number of piperidine rings is 1. The molecule has 2 atom stereocenters. The van der Waals surface area contributed by atoms with E-state index in [0.717, 1.165) is 67.9 Å². The van der Waals surface area contributed by atoms with E-state index >= 15 is 0 Å². The van der Waals surface area contributed by atoms with Crippen LogP contribution in [-0.4, -0.2) is 41.2 Å². The van der Waals surface area contributed by atoms with E-state index in [9.17, 15) is 14.7 Å². The monoisotopic (exact) mass is 441 g/mol. The standard InChI is InChI=1S/C26H35NO5/c1-3-4-5-8-19-15-24(29)32-22-14-18(2)13-21(25(19)22)31-17-23(28)27-12-11-26(30)10-7-6-9-20(26)16-27/h13-15,20,30H,3-12,16-17H2,1-2H3/t20-,26-/m1/s1. The Bertz CT molecular complexity index is 1030.